The van der Waals surface area contributed by atoms with Crippen LogP contribution in [0, 0.1) is 0 Å². The molecule has 1 aromatic carbocycles. The number of fused-ring (bicyclic) bond motifs is 1. The molecule has 7 heteroatoms. The second kappa shape index (κ2) is 6.08. The topological polar surface area (TPSA) is 95.1 Å². The molecule has 0 spiro atoms. The van der Waals surface area contributed by atoms with Gasteiger partial charge < -0.3 is 15.4 Å². The summed E-state index contributed by atoms with van der Waals surface area (Å²) in [6, 6.07) is 3.69. The molecule has 0 fully saturated rings. The number of H-pyrrole nitrogens is 1. The number of aromatic nitrogens is 2. The van der Waals surface area contributed by atoms with Crippen molar-refractivity contribution in [3.8, 4) is 0 Å². The first-order chi connectivity index (χ1) is 10.2. The molecule has 0 aliphatic heterocycles. The Morgan fingerprint density at radius 1 is 1.41 bits per heavy atom. The van der Waals surface area contributed by atoms with E-state index in [-0.39, 0.29) is 17.5 Å². The van der Waals surface area contributed by atoms with Crippen molar-refractivity contribution in [2.24, 2.45) is 0 Å². The third kappa shape index (κ3) is 3.65. The molecule has 0 unspecified atom stereocenters. The van der Waals surface area contributed by atoms with Gasteiger partial charge in [0.2, 0.25) is 0 Å². The quantitative estimate of drug-likeness (QED) is 0.776. The van der Waals surface area contributed by atoms with Gasteiger partial charge in [0, 0.05) is 16.4 Å². The smallest absolute Gasteiger partial charge is 0.404 e. The number of nitrogens with one attached hydrogen (secondary N) is 2. The molecule has 0 atom stereocenters. The van der Waals surface area contributed by atoms with E-state index in [1.807, 2.05) is 26.8 Å². The second-order valence-corrected chi connectivity index (χ2v) is 7.02. The molecule has 0 saturated carbocycles. The van der Waals surface area contributed by atoms with E-state index in [0.717, 1.165) is 10.0 Å². The third-order valence-corrected chi connectivity index (χ3v) is 3.68. The number of benzene rings is 1. The van der Waals surface area contributed by atoms with Crippen LogP contribution in [0.3, 0.4) is 0 Å². The standard InChI is InChI=1S/C15H18BrN3O3/c1-15(2,3)12-13(20)18-10-7-9(16)6-8(11(10)19-12)4-5-17-14(21)22/h6-7,17H,4-5H2,1-3H3,(H,18,20)(H,21,22). The summed E-state index contributed by atoms with van der Waals surface area (Å²) in [4.78, 5) is 30.2. The van der Waals surface area contributed by atoms with Gasteiger partial charge in [-0.05, 0) is 24.1 Å². The van der Waals surface area contributed by atoms with Crippen molar-refractivity contribution in [1.82, 2.24) is 15.3 Å². The van der Waals surface area contributed by atoms with Gasteiger partial charge in [-0.1, -0.05) is 36.7 Å². The van der Waals surface area contributed by atoms with Crippen LogP contribution in [0.2, 0.25) is 0 Å². The van der Waals surface area contributed by atoms with Gasteiger partial charge in [0.25, 0.3) is 5.56 Å². The predicted molar refractivity (Wildman–Crippen MR) is 88.5 cm³/mol. The van der Waals surface area contributed by atoms with Crippen LogP contribution in [0.25, 0.3) is 11.0 Å². The fourth-order valence-electron chi connectivity index (χ4n) is 2.23. The first-order valence-electron chi connectivity index (χ1n) is 6.88. The van der Waals surface area contributed by atoms with Crippen LogP contribution in [0.4, 0.5) is 4.79 Å². The highest BCUT2D eigenvalue weighted by molar-refractivity contribution is 9.10. The van der Waals surface area contributed by atoms with Gasteiger partial charge in [0.15, 0.2) is 0 Å². The Morgan fingerprint density at radius 2 is 2.09 bits per heavy atom. The van der Waals surface area contributed by atoms with Crippen molar-refractivity contribution >= 4 is 33.1 Å². The molecule has 0 saturated heterocycles. The summed E-state index contributed by atoms with van der Waals surface area (Å²) >= 11 is 3.40. The van der Waals surface area contributed by atoms with Crippen LogP contribution in [0.5, 0.6) is 0 Å². The molecule has 0 aliphatic rings. The molecule has 1 aromatic heterocycles. The molecule has 1 heterocycles. The average molecular weight is 368 g/mol. The highest BCUT2D eigenvalue weighted by Crippen LogP contribution is 2.24. The summed E-state index contributed by atoms with van der Waals surface area (Å²) in [6.45, 7) is 6.08. The monoisotopic (exact) mass is 367 g/mol. The molecule has 118 valence electrons. The molecular weight excluding hydrogens is 350 g/mol. The van der Waals surface area contributed by atoms with Crippen LogP contribution in [-0.2, 0) is 11.8 Å². The van der Waals surface area contributed by atoms with Crippen LogP contribution in [0.1, 0.15) is 32.0 Å². The van der Waals surface area contributed by atoms with Crippen molar-refractivity contribution in [3.63, 3.8) is 0 Å². The fraction of sp³-hybridized carbons (Fsp3) is 0.400. The van der Waals surface area contributed by atoms with Crippen LogP contribution >= 0.6 is 15.9 Å². The van der Waals surface area contributed by atoms with Gasteiger partial charge in [-0.25, -0.2) is 9.78 Å². The molecule has 1 amide bonds. The Kier molecular flexibility index (Phi) is 4.55. The lowest BCUT2D eigenvalue weighted by molar-refractivity contribution is 0.194. The van der Waals surface area contributed by atoms with Gasteiger partial charge in [-0.3, -0.25) is 4.79 Å². The number of carboxylic acid groups (broad SMARTS) is 1. The number of carbonyl (C=O) groups is 1. The summed E-state index contributed by atoms with van der Waals surface area (Å²) in [6.07, 6.45) is -0.568. The minimum Gasteiger partial charge on any atom is -0.465 e. The van der Waals surface area contributed by atoms with Crippen LogP contribution < -0.4 is 10.9 Å². The van der Waals surface area contributed by atoms with Crippen molar-refractivity contribution in [2.45, 2.75) is 32.6 Å². The number of nitrogens with zero attached hydrogens (tertiary/aromatic N) is 1. The summed E-state index contributed by atoms with van der Waals surface area (Å²) in [5.74, 6) is 0. The summed E-state index contributed by atoms with van der Waals surface area (Å²) in [5.41, 5.74) is 2.10. The lowest BCUT2D eigenvalue weighted by Crippen LogP contribution is -2.27. The minimum atomic E-state index is -1.06. The minimum absolute atomic E-state index is 0.201. The van der Waals surface area contributed by atoms with E-state index >= 15 is 0 Å². The Hall–Kier alpha value is -1.89. The largest absolute Gasteiger partial charge is 0.465 e. The number of rotatable bonds is 3. The van der Waals surface area contributed by atoms with E-state index in [0.29, 0.717) is 23.1 Å². The zero-order valence-electron chi connectivity index (χ0n) is 12.7. The van der Waals surface area contributed by atoms with Crippen molar-refractivity contribution in [1.29, 1.82) is 0 Å². The first-order valence-corrected chi connectivity index (χ1v) is 7.67. The Labute approximate surface area is 136 Å². The Morgan fingerprint density at radius 3 is 2.68 bits per heavy atom. The van der Waals surface area contributed by atoms with Crippen molar-refractivity contribution in [3.05, 3.63) is 38.2 Å². The van der Waals surface area contributed by atoms with E-state index in [9.17, 15) is 9.59 Å². The highest BCUT2D eigenvalue weighted by atomic mass is 79.9. The molecule has 0 radical (unpaired) electrons. The van der Waals surface area contributed by atoms with Gasteiger partial charge >= 0.3 is 6.09 Å². The van der Waals surface area contributed by atoms with E-state index < -0.39 is 6.09 Å². The summed E-state index contributed by atoms with van der Waals surface area (Å²) in [5, 5.41) is 11.0. The molecule has 3 N–H and O–H groups in total. The predicted octanol–water partition coefficient (Wildman–Crippen LogP) is 2.79. The van der Waals surface area contributed by atoms with Gasteiger partial charge in [0.05, 0.1) is 11.0 Å². The van der Waals surface area contributed by atoms with Crippen LogP contribution in [-0.4, -0.2) is 27.7 Å². The van der Waals surface area contributed by atoms with Gasteiger partial charge in [0.1, 0.15) is 5.69 Å². The lowest BCUT2D eigenvalue weighted by atomic mass is 9.92. The second-order valence-electron chi connectivity index (χ2n) is 6.11. The van der Waals surface area contributed by atoms with Crippen molar-refractivity contribution in [2.75, 3.05) is 6.54 Å². The molecule has 2 rings (SSSR count). The van der Waals surface area contributed by atoms with Gasteiger partial charge in [-0.2, -0.15) is 0 Å². The number of aromatic amines is 1. The number of hydrogen-bond donors (Lipinski definition) is 3. The average Bonchev–Trinajstić information content (AvgIpc) is 2.35. The molecule has 0 aliphatic carbocycles. The molecule has 22 heavy (non-hydrogen) atoms. The van der Waals surface area contributed by atoms with Gasteiger partial charge in [-0.15, -0.1) is 0 Å². The fourth-order valence-corrected chi connectivity index (χ4v) is 2.74. The Balaban J connectivity index is 2.55. The Bertz CT molecular complexity index is 778. The van der Waals surface area contributed by atoms with E-state index in [4.69, 9.17) is 5.11 Å². The van der Waals surface area contributed by atoms with E-state index in [2.05, 4.69) is 31.2 Å². The first kappa shape index (κ1) is 16.5. The number of amides is 1. The maximum Gasteiger partial charge on any atom is 0.404 e. The molecular formula is C15H18BrN3O3. The summed E-state index contributed by atoms with van der Waals surface area (Å²) < 4.78 is 0.811. The molecule has 2 aromatic rings. The normalized spacial score (nSPS) is 11.6. The number of halogens is 1. The molecule has 0 bridgehead atoms. The zero-order chi connectivity index (χ0) is 16.5. The zero-order valence-corrected chi connectivity index (χ0v) is 14.2. The SMILES string of the molecule is CC(C)(C)c1nc2c(CCNC(=O)O)cc(Br)cc2[nH]c1=O. The third-order valence-electron chi connectivity index (χ3n) is 3.22. The lowest BCUT2D eigenvalue weighted by Gasteiger charge is -2.17. The number of hydrogen-bond acceptors (Lipinski definition) is 3. The summed E-state index contributed by atoms with van der Waals surface area (Å²) in [7, 11) is 0. The molecule has 6 nitrogen and oxygen atoms in total. The van der Waals surface area contributed by atoms with Crippen LogP contribution in [0.15, 0.2) is 21.4 Å². The maximum absolute atomic E-state index is 12.2. The van der Waals surface area contributed by atoms with E-state index in [1.54, 1.807) is 6.07 Å². The highest BCUT2D eigenvalue weighted by Gasteiger charge is 2.21. The maximum atomic E-state index is 12.2. The van der Waals surface area contributed by atoms with Crippen molar-refractivity contribution < 1.29 is 9.90 Å². The van der Waals surface area contributed by atoms with E-state index in [1.165, 1.54) is 0 Å².